The van der Waals surface area contributed by atoms with Crippen LogP contribution in [0.4, 0.5) is 5.69 Å². The van der Waals surface area contributed by atoms with Gasteiger partial charge in [-0.15, -0.1) is 0 Å². The first kappa shape index (κ1) is 42.7. The third-order valence-electron chi connectivity index (χ3n) is 14.2. The van der Waals surface area contributed by atoms with Crippen molar-refractivity contribution in [2.24, 2.45) is 0 Å². The summed E-state index contributed by atoms with van der Waals surface area (Å²) in [6.45, 7) is 8.57. The number of benzene rings is 3. The number of anilines is 1. The topological polar surface area (TPSA) is 119 Å². The fourth-order valence-electron chi connectivity index (χ4n) is 10.7. The summed E-state index contributed by atoms with van der Waals surface area (Å²) in [6.07, 6.45) is 6.57. The molecule has 2 unspecified atom stereocenters. The number of Topliss-reactive ketones (excluding diaryl/α,β-unsaturated/α-hetero) is 3. The number of methoxy groups -OCH3 is 1. The lowest BCUT2D eigenvalue weighted by Crippen LogP contribution is -2.80. The second kappa shape index (κ2) is 17.7. The van der Waals surface area contributed by atoms with Gasteiger partial charge in [0.15, 0.2) is 29.2 Å². The van der Waals surface area contributed by atoms with E-state index in [2.05, 4.69) is 39.1 Å². The van der Waals surface area contributed by atoms with E-state index in [1.165, 1.54) is 5.56 Å². The maximum absolute atomic E-state index is 13.7. The second-order valence-electron chi connectivity index (χ2n) is 17.9. The van der Waals surface area contributed by atoms with Crippen molar-refractivity contribution in [3.05, 3.63) is 88.5 Å². The predicted molar refractivity (Wildman–Crippen MR) is 227 cm³/mol. The van der Waals surface area contributed by atoms with Crippen LogP contribution >= 0.6 is 0 Å². The number of hydrogen-bond acceptors (Lipinski definition) is 8. The summed E-state index contributed by atoms with van der Waals surface area (Å²) < 4.78 is 18.7. The van der Waals surface area contributed by atoms with Crippen LogP contribution in [0.1, 0.15) is 130 Å². The number of likely N-dealkylation sites (N-methyl/N-ethyl adjacent to an activating group) is 1. The molecule has 0 aromatic heterocycles. The lowest BCUT2D eigenvalue weighted by molar-refractivity contribution is -0.961. The minimum Gasteiger partial charge on any atom is -0.493 e. The van der Waals surface area contributed by atoms with Crippen LogP contribution in [0.25, 0.3) is 0 Å². The Hall–Kier alpha value is -4.38. The summed E-state index contributed by atoms with van der Waals surface area (Å²) in [5.74, 6) is 2.05. The number of likely N-dealkylation sites (tertiary alicyclic amines) is 1. The third kappa shape index (κ3) is 8.12. The Kier molecular flexibility index (Phi) is 12.8. The van der Waals surface area contributed by atoms with E-state index in [4.69, 9.17) is 14.2 Å². The van der Waals surface area contributed by atoms with Gasteiger partial charge in [-0.2, -0.15) is 0 Å². The lowest BCUT2D eigenvalue weighted by Gasteiger charge is -2.64. The van der Waals surface area contributed by atoms with Crippen molar-refractivity contribution >= 4 is 28.9 Å². The van der Waals surface area contributed by atoms with Gasteiger partial charge >= 0.3 is 0 Å². The molecule has 7 rings (SSSR count). The highest BCUT2D eigenvalue weighted by Crippen LogP contribution is 2.66. The van der Waals surface area contributed by atoms with Gasteiger partial charge in [-0.05, 0) is 74.3 Å². The van der Waals surface area contributed by atoms with Gasteiger partial charge in [0.05, 0.1) is 32.7 Å². The lowest BCUT2D eigenvalue weighted by atomic mass is 9.48. The summed E-state index contributed by atoms with van der Waals surface area (Å²) in [5.41, 5.74) is 4.09. The number of amides is 1. The number of unbranched alkanes of at least 4 members (excludes halogenated alkanes) is 2. The number of ketones is 3. The molecule has 6 atom stereocenters. The molecule has 3 aromatic rings. The summed E-state index contributed by atoms with van der Waals surface area (Å²) in [5, 5.41) is 12.9. The smallest absolute Gasteiger partial charge is 0.227 e. The molecule has 316 valence electrons. The zero-order valence-electron chi connectivity index (χ0n) is 35.7. The summed E-state index contributed by atoms with van der Waals surface area (Å²) in [7, 11) is 3.85. The molecule has 2 aliphatic heterocycles. The Morgan fingerprint density at radius 3 is 2.41 bits per heavy atom. The van der Waals surface area contributed by atoms with Crippen LogP contribution in [0, 0.1) is 0 Å². The van der Waals surface area contributed by atoms with Crippen molar-refractivity contribution in [1.29, 1.82) is 0 Å². The van der Waals surface area contributed by atoms with Gasteiger partial charge in [0.25, 0.3) is 0 Å². The first-order chi connectivity index (χ1) is 28.3. The Labute approximate surface area is 349 Å². The number of carbonyl (C=O) groups is 4. The molecule has 1 saturated carbocycles. The Bertz CT molecular complexity index is 2030. The van der Waals surface area contributed by atoms with E-state index in [0.29, 0.717) is 99.6 Å². The molecule has 1 N–H and O–H groups in total. The fourth-order valence-corrected chi connectivity index (χ4v) is 10.7. The maximum atomic E-state index is 13.7. The molecule has 1 saturated heterocycles. The van der Waals surface area contributed by atoms with Crippen molar-refractivity contribution in [1.82, 2.24) is 0 Å². The minimum atomic E-state index is -1.11. The highest BCUT2D eigenvalue weighted by molar-refractivity contribution is 5.96. The van der Waals surface area contributed by atoms with Gasteiger partial charge in [-0.3, -0.25) is 14.4 Å². The molecule has 2 heterocycles. The number of rotatable bonds is 20. The molecule has 1 spiro atoms. The second-order valence-corrected chi connectivity index (χ2v) is 17.9. The highest BCUT2D eigenvalue weighted by atomic mass is 16.5. The Morgan fingerprint density at radius 2 is 1.69 bits per heavy atom. The molecule has 2 aliphatic carbocycles. The van der Waals surface area contributed by atoms with Crippen LogP contribution in [-0.4, -0.2) is 91.1 Å². The number of aliphatic hydroxyl groups is 1. The summed E-state index contributed by atoms with van der Waals surface area (Å²) in [4.78, 5) is 53.2. The van der Waals surface area contributed by atoms with Crippen molar-refractivity contribution < 1.29 is 43.0 Å². The van der Waals surface area contributed by atoms with Crippen molar-refractivity contribution in [2.45, 2.75) is 133 Å². The molecule has 10 heteroatoms. The van der Waals surface area contributed by atoms with Gasteiger partial charge in [0, 0.05) is 74.1 Å². The molecule has 1 amide bonds. The average molecular weight is 808 g/mol. The van der Waals surface area contributed by atoms with Gasteiger partial charge in [-0.25, -0.2) is 0 Å². The highest BCUT2D eigenvalue weighted by Gasteiger charge is 2.76. The van der Waals surface area contributed by atoms with E-state index in [0.717, 1.165) is 53.7 Å². The van der Waals surface area contributed by atoms with Crippen molar-refractivity contribution in [2.75, 3.05) is 45.4 Å². The normalized spacial score (nSPS) is 25.5. The molecule has 10 nitrogen and oxygen atoms in total. The Balaban J connectivity index is 1.01. The largest absolute Gasteiger partial charge is 0.493 e. The van der Waals surface area contributed by atoms with E-state index < -0.39 is 17.1 Å². The van der Waals surface area contributed by atoms with E-state index in [1.807, 2.05) is 42.5 Å². The maximum Gasteiger partial charge on any atom is 0.227 e. The zero-order valence-corrected chi connectivity index (χ0v) is 35.7. The minimum absolute atomic E-state index is 0.0137. The fraction of sp³-hybridized carbons (Fsp3) is 0.551. The summed E-state index contributed by atoms with van der Waals surface area (Å²) in [6, 6.07) is 20.0. The van der Waals surface area contributed by atoms with Crippen LogP contribution in [0.5, 0.6) is 11.5 Å². The van der Waals surface area contributed by atoms with Crippen LogP contribution in [0.3, 0.4) is 0 Å². The number of ether oxygens (including phenoxy) is 3. The number of piperidine rings is 1. The third-order valence-corrected chi connectivity index (χ3v) is 14.2. The molecule has 4 aliphatic rings. The number of nitrogens with zero attached hydrogens (tertiary/aromatic N) is 2. The van der Waals surface area contributed by atoms with Crippen molar-refractivity contribution in [3.63, 3.8) is 0 Å². The van der Waals surface area contributed by atoms with E-state index in [-0.39, 0.29) is 35.7 Å². The molecule has 3 aromatic carbocycles. The molecule has 59 heavy (non-hydrogen) atoms. The van der Waals surface area contributed by atoms with E-state index >= 15 is 0 Å². The van der Waals surface area contributed by atoms with Gasteiger partial charge in [0.2, 0.25) is 5.91 Å². The molecular weight excluding hydrogens is 745 g/mol. The molecule has 2 bridgehead atoms. The van der Waals surface area contributed by atoms with E-state index in [1.54, 1.807) is 18.9 Å². The number of hydrogen-bond donors (Lipinski definition) is 1. The van der Waals surface area contributed by atoms with E-state index in [9.17, 15) is 24.3 Å². The molecule has 2 fully saturated rings. The zero-order chi connectivity index (χ0) is 42.0. The molecular formula is C49H63N2O8+. The SMILES string of the molecule is CCC(C)c1ccc(C(=O)CCCOCCN(C(=O)CCCCCC(C)=O)c2ccc(C[N+]3(C)CC[C@]45c6c7ccc(OC)c6O[C@H]4C(=O)CC[C@@]5(O)[C@H]3C7)cc2)cc1. The van der Waals surface area contributed by atoms with Crippen LogP contribution < -0.4 is 14.4 Å². The number of quaternary nitrogens is 1. The van der Waals surface area contributed by atoms with Crippen LogP contribution in [0.2, 0.25) is 0 Å². The number of carbonyl (C=O) groups excluding carboxylic acids is 4. The predicted octanol–water partition coefficient (Wildman–Crippen LogP) is 7.83. The quantitative estimate of drug-likeness (QED) is 0.0698. The van der Waals surface area contributed by atoms with Gasteiger partial charge in [0.1, 0.15) is 24.0 Å². The Morgan fingerprint density at radius 1 is 0.949 bits per heavy atom. The monoisotopic (exact) mass is 807 g/mol. The standard InChI is InChI=1S/C49H63N2O8/c1-6-33(2)36-16-18-37(19-17-36)40(53)12-10-29-58-30-27-50(44(55)13-9-7-8-11-34(3)52)39-21-14-35(15-22-39)32-51(4)28-26-48-45-38-20-23-42(57-5)46(45)59-47(48)41(54)24-25-49(48,56)43(51)31-38/h14-23,33,43,47,56H,6-13,24-32H2,1-5H3/q+1/t33?,43-,47+,48+,49-,51?/m1/s1. The first-order valence-corrected chi connectivity index (χ1v) is 21.9. The van der Waals surface area contributed by atoms with Crippen molar-refractivity contribution in [3.8, 4) is 11.5 Å². The van der Waals surface area contributed by atoms with Crippen LogP contribution in [-0.2, 0) is 37.5 Å². The van der Waals surface area contributed by atoms with Crippen LogP contribution in [0.15, 0.2) is 60.7 Å². The summed E-state index contributed by atoms with van der Waals surface area (Å²) >= 11 is 0. The first-order valence-electron chi connectivity index (χ1n) is 21.9. The van der Waals surface area contributed by atoms with Gasteiger partial charge < -0.3 is 33.5 Å². The average Bonchev–Trinajstić information content (AvgIpc) is 3.60. The molecule has 0 radical (unpaired) electrons. The van der Waals surface area contributed by atoms with Gasteiger partial charge in [-0.1, -0.05) is 62.7 Å².